The van der Waals surface area contributed by atoms with Gasteiger partial charge in [0.15, 0.2) is 5.58 Å². The standard InChI is InChI=1S/C49H33N5O2/c1-3-10-38(11-4-1)53(42-29-21-36(22-30-42)47-51-44-14-7-8-16-46(44)55-47)40-25-17-34(18-26-40)35-19-27-41(28-20-35)54(39-12-5-2-6-13-39)43-31-23-37(24-32-43)48-52-45-15-9-33-50-49(45)56-48/h1-33H. The molecule has 0 aliphatic carbocycles. The first kappa shape index (κ1) is 32.8. The van der Waals surface area contributed by atoms with Crippen LogP contribution in [0.3, 0.4) is 0 Å². The number of rotatable bonds is 9. The third-order valence-electron chi connectivity index (χ3n) is 9.82. The molecule has 0 aliphatic heterocycles. The minimum absolute atomic E-state index is 0.532. The maximum Gasteiger partial charge on any atom is 0.247 e. The highest BCUT2D eigenvalue weighted by atomic mass is 16.4. The first-order chi connectivity index (χ1) is 27.7. The molecule has 0 aliphatic rings. The fourth-order valence-corrected chi connectivity index (χ4v) is 7.05. The molecule has 0 atom stereocenters. The molecule has 56 heavy (non-hydrogen) atoms. The van der Waals surface area contributed by atoms with Gasteiger partial charge >= 0.3 is 0 Å². The Morgan fingerprint density at radius 2 is 0.714 bits per heavy atom. The summed E-state index contributed by atoms with van der Waals surface area (Å²) >= 11 is 0. The van der Waals surface area contributed by atoms with Crippen molar-refractivity contribution in [2.24, 2.45) is 0 Å². The third kappa shape index (κ3) is 6.33. The number of hydrogen-bond donors (Lipinski definition) is 0. The van der Waals surface area contributed by atoms with Gasteiger partial charge in [-0.2, -0.15) is 0 Å². The van der Waals surface area contributed by atoms with Gasteiger partial charge in [0.1, 0.15) is 11.0 Å². The number of fused-ring (bicyclic) bond motifs is 2. The zero-order valence-electron chi connectivity index (χ0n) is 30.1. The number of pyridine rings is 1. The molecule has 0 spiro atoms. The molecule has 0 saturated heterocycles. The lowest BCUT2D eigenvalue weighted by molar-refractivity contribution is 0.608. The van der Waals surface area contributed by atoms with Crippen LogP contribution in [-0.4, -0.2) is 15.0 Å². The second kappa shape index (κ2) is 14.2. The van der Waals surface area contributed by atoms with E-state index in [9.17, 15) is 0 Å². The van der Waals surface area contributed by atoms with Crippen molar-refractivity contribution in [1.29, 1.82) is 0 Å². The van der Waals surface area contributed by atoms with E-state index >= 15 is 0 Å². The highest BCUT2D eigenvalue weighted by molar-refractivity contribution is 5.83. The van der Waals surface area contributed by atoms with Crippen molar-refractivity contribution in [3.05, 3.63) is 200 Å². The molecular formula is C49H33N5O2. The van der Waals surface area contributed by atoms with E-state index in [1.807, 2.05) is 60.7 Å². The average Bonchev–Trinajstić information content (AvgIpc) is 3.91. The molecule has 7 heteroatoms. The predicted molar refractivity (Wildman–Crippen MR) is 225 cm³/mol. The monoisotopic (exact) mass is 723 g/mol. The van der Waals surface area contributed by atoms with Crippen molar-refractivity contribution in [3.8, 4) is 34.0 Å². The molecule has 266 valence electrons. The van der Waals surface area contributed by atoms with Crippen LogP contribution in [0, 0.1) is 0 Å². The summed E-state index contributed by atoms with van der Waals surface area (Å²) in [5.74, 6) is 1.16. The van der Waals surface area contributed by atoms with Crippen LogP contribution in [0.4, 0.5) is 34.1 Å². The number of benzene rings is 7. The molecule has 7 nitrogen and oxygen atoms in total. The Morgan fingerprint density at radius 3 is 1.20 bits per heavy atom. The Kier molecular flexibility index (Phi) is 8.35. The molecule has 3 aromatic heterocycles. The summed E-state index contributed by atoms with van der Waals surface area (Å²) in [6.45, 7) is 0. The zero-order chi connectivity index (χ0) is 37.3. The lowest BCUT2D eigenvalue weighted by Crippen LogP contribution is -2.10. The zero-order valence-corrected chi connectivity index (χ0v) is 30.1. The Morgan fingerprint density at radius 1 is 0.321 bits per heavy atom. The quantitative estimate of drug-likeness (QED) is 0.147. The number of anilines is 6. The van der Waals surface area contributed by atoms with E-state index in [0.29, 0.717) is 17.5 Å². The first-order valence-electron chi connectivity index (χ1n) is 18.4. The van der Waals surface area contributed by atoms with E-state index in [-0.39, 0.29) is 0 Å². The van der Waals surface area contributed by atoms with E-state index in [1.165, 1.54) is 0 Å². The fraction of sp³-hybridized carbons (Fsp3) is 0. The lowest BCUT2D eigenvalue weighted by atomic mass is 10.0. The van der Waals surface area contributed by atoms with Crippen LogP contribution in [0.2, 0.25) is 0 Å². The van der Waals surface area contributed by atoms with E-state index < -0.39 is 0 Å². The second-order valence-electron chi connectivity index (χ2n) is 13.4. The molecule has 10 aromatic rings. The van der Waals surface area contributed by atoms with E-state index in [1.54, 1.807) is 6.20 Å². The maximum absolute atomic E-state index is 6.04. The molecule has 0 N–H and O–H groups in total. The van der Waals surface area contributed by atoms with Gasteiger partial charge in [0.25, 0.3) is 0 Å². The molecule has 0 radical (unpaired) electrons. The number of nitrogens with zero attached hydrogens (tertiary/aromatic N) is 5. The Labute approximate surface area is 323 Å². The fourth-order valence-electron chi connectivity index (χ4n) is 7.05. The molecule has 7 aromatic carbocycles. The summed E-state index contributed by atoms with van der Waals surface area (Å²) in [6.07, 6.45) is 1.71. The normalized spacial score (nSPS) is 11.2. The minimum Gasteiger partial charge on any atom is -0.436 e. The van der Waals surface area contributed by atoms with Crippen molar-refractivity contribution in [3.63, 3.8) is 0 Å². The smallest absolute Gasteiger partial charge is 0.247 e. The van der Waals surface area contributed by atoms with Crippen LogP contribution in [0.1, 0.15) is 0 Å². The number of hydrogen-bond acceptors (Lipinski definition) is 7. The number of oxazole rings is 2. The van der Waals surface area contributed by atoms with Crippen molar-refractivity contribution in [2.45, 2.75) is 0 Å². The Bertz CT molecular complexity index is 2620. The Hall–Kier alpha value is -7.77. The molecule has 0 unspecified atom stereocenters. The van der Waals surface area contributed by atoms with Gasteiger partial charge in [0.05, 0.1) is 0 Å². The molecule has 3 heterocycles. The summed E-state index contributed by atoms with van der Waals surface area (Å²) in [6, 6.07) is 66.5. The summed E-state index contributed by atoms with van der Waals surface area (Å²) in [5, 5.41) is 0. The molecule has 0 amide bonds. The topological polar surface area (TPSA) is 71.4 Å². The summed E-state index contributed by atoms with van der Waals surface area (Å²) < 4.78 is 12.0. The highest BCUT2D eigenvalue weighted by Crippen LogP contribution is 2.39. The van der Waals surface area contributed by atoms with Crippen LogP contribution >= 0.6 is 0 Å². The van der Waals surface area contributed by atoms with Gasteiger partial charge in [-0.05, 0) is 132 Å². The first-order valence-corrected chi connectivity index (χ1v) is 18.4. The summed E-state index contributed by atoms with van der Waals surface area (Å²) in [5.41, 5.74) is 13.3. The van der Waals surface area contributed by atoms with Gasteiger partial charge in [-0.1, -0.05) is 72.8 Å². The molecular weight excluding hydrogens is 691 g/mol. The van der Waals surface area contributed by atoms with Crippen molar-refractivity contribution < 1.29 is 8.83 Å². The van der Waals surface area contributed by atoms with Gasteiger partial charge in [-0.25, -0.2) is 15.0 Å². The summed E-state index contributed by atoms with van der Waals surface area (Å²) in [7, 11) is 0. The van der Waals surface area contributed by atoms with Crippen LogP contribution in [0.25, 0.3) is 56.4 Å². The number of para-hydroxylation sites is 4. The predicted octanol–water partition coefficient (Wildman–Crippen LogP) is 13.3. The SMILES string of the molecule is c1ccc(N(c2ccc(-c3ccc(N(c4ccccc4)c4ccc(-c5nc6cccnc6o5)cc4)cc3)cc2)c2ccc(-c3nc4ccccc4o3)cc2)cc1. The van der Waals surface area contributed by atoms with E-state index in [4.69, 9.17) is 8.83 Å². The van der Waals surface area contributed by atoms with Gasteiger partial charge in [0, 0.05) is 51.4 Å². The van der Waals surface area contributed by atoms with Gasteiger partial charge in [-0.15, -0.1) is 0 Å². The van der Waals surface area contributed by atoms with Crippen molar-refractivity contribution in [1.82, 2.24) is 15.0 Å². The highest BCUT2D eigenvalue weighted by Gasteiger charge is 2.17. The van der Waals surface area contributed by atoms with Gasteiger partial charge < -0.3 is 18.6 Å². The number of aromatic nitrogens is 3. The summed E-state index contributed by atoms with van der Waals surface area (Å²) in [4.78, 5) is 18.1. The molecule has 0 fully saturated rings. The van der Waals surface area contributed by atoms with Crippen LogP contribution in [0.15, 0.2) is 209 Å². The van der Waals surface area contributed by atoms with Crippen LogP contribution < -0.4 is 9.80 Å². The Balaban J connectivity index is 0.925. The lowest BCUT2D eigenvalue weighted by Gasteiger charge is -2.26. The van der Waals surface area contributed by atoms with Crippen molar-refractivity contribution in [2.75, 3.05) is 9.80 Å². The second-order valence-corrected chi connectivity index (χ2v) is 13.4. The average molecular weight is 724 g/mol. The minimum atomic E-state index is 0.532. The maximum atomic E-state index is 6.04. The van der Waals surface area contributed by atoms with Crippen LogP contribution in [0.5, 0.6) is 0 Å². The third-order valence-corrected chi connectivity index (χ3v) is 9.82. The van der Waals surface area contributed by atoms with Crippen LogP contribution in [-0.2, 0) is 0 Å². The van der Waals surface area contributed by atoms with Gasteiger partial charge in [0.2, 0.25) is 17.5 Å². The molecule has 10 rings (SSSR count). The van der Waals surface area contributed by atoms with E-state index in [2.05, 4.69) is 158 Å². The largest absolute Gasteiger partial charge is 0.436 e. The molecule has 0 saturated carbocycles. The molecule has 0 bridgehead atoms. The van der Waals surface area contributed by atoms with Crippen molar-refractivity contribution >= 4 is 56.5 Å². The van der Waals surface area contributed by atoms with Gasteiger partial charge in [-0.3, -0.25) is 0 Å². The van der Waals surface area contributed by atoms with E-state index in [0.717, 1.165) is 73.0 Å².